The summed E-state index contributed by atoms with van der Waals surface area (Å²) in [5, 5.41) is 1.53. The molecule has 0 spiro atoms. The van der Waals surface area contributed by atoms with E-state index in [0.717, 1.165) is 22.0 Å². The van der Waals surface area contributed by atoms with E-state index >= 15 is 0 Å². The molecule has 0 saturated heterocycles. The summed E-state index contributed by atoms with van der Waals surface area (Å²) in [5.41, 5.74) is 9.36. The quantitative estimate of drug-likeness (QED) is 0.524. The van der Waals surface area contributed by atoms with Gasteiger partial charge in [0, 0.05) is 22.2 Å². The lowest BCUT2D eigenvalue weighted by atomic mass is 10.0. The van der Waals surface area contributed by atoms with Crippen molar-refractivity contribution in [3.8, 4) is 11.1 Å². The van der Waals surface area contributed by atoms with Crippen LogP contribution in [0.2, 0.25) is 5.15 Å². The summed E-state index contributed by atoms with van der Waals surface area (Å²) >= 11 is 6.24. The van der Waals surface area contributed by atoms with Crippen LogP contribution in [-0.2, 0) is 0 Å². The fourth-order valence-electron chi connectivity index (χ4n) is 2.02. The lowest BCUT2D eigenvalue weighted by Gasteiger charge is -2.08. The molecule has 0 fully saturated rings. The SMILES string of the molecule is Nc1ccccc1-c1cc2ccccc2nc1Cl. The van der Waals surface area contributed by atoms with Crippen molar-refractivity contribution in [1.29, 1.82) is 0 Å². The molecule has 3 aromatic rings. The molecule has 2 aromatic carbocycles. The second kappa shape index (κ2) is 4.31. The predicted octanol–water partition coefficient (Wildman–Crippen LogP) is 4.14. The normalized spacial score (nSPS) is 10.7. The largest absolute Gasteiger partial charge is 0.398 e. The number of halogens is 1. The van der Waals surface area contributed by atoms with Gasteiger partial charge in [0.25, 0.3) is 0 Å². The Hall–Kier alpha value is -2.06. The first-order valence-electron chi connectivity index (χ1n) is 5.66. The van der Waals surface area contributed by atoms with Gasteiger partial charge >= 0.3 is 0 Å². The average Bonchev–Trinajstić information content (AvgIpc) is 2.39. The summed E-state index contributed by atoms with van der Waals surface area (Å²) in [6.07, 6.45) is 0. The zero-order valence-electron chi connectivity index (χ0n) is 9.60. The average molecular weight is 255 g/mol. The van der Waals surface area contributed by atoms with E-state index in [1.54, 1.807) is 0 Å². The summed E-state index contributed by atoms with van der Waals surface area (Å²) in [6, 6.07) is 17.6. The highest BCUT2D eigenvalue weighted by atomic mass is 35.5. The lowest BCUT2D eigenvalue weighted by molar-refractivity contribution is 1.41. The van der Waals surface area contributed by atoms with E-state index in [9.17, 15) is 0 Å². The molecule has 0 atom stereocenters. The van der Waals surface area contributed by atoms with Gasteiger partial charge in [-0.15, -0.1) is 0 Å². The Labute approximate surface area is 110 Å². The molecule has 88 valence electrons. The van der Waals surface area contributed by atoms with Gasteiger partial charge in [-0.3, -0.25) is 0 Å². The number of fused-ring (bicyclic) bond motifs is 1. The lowest BCUT2D eigenvalue weighted by Crippen LogP contribution is -1.91. The van der Waals surface area contributed by atoms with Gasteiger partial charge in [-0.1, -0.05) is 48.0 Å². The molecular weight excluding hydrogens is 244 g/mol. The van der Waals surface area contributed by atoms with E-state index in [1.165, 1.54) is 0 Å². The number of nitrogen functional groups attached to an aromatic ring is 1. The van der Waals surface area contributed by atoms with E-state index in [1.807, 2.05) is 54.6 Å². The van der Waals surface area contributed by atoms with Crippen LogP contribution >= 0.6 is 11.6 Å². The van der Waals surface area contributed by atoms with Crippen molar-refractivity contribution in [3.63, 3.8) is 0 Å². The predicted molar refractivity (Wildman–Crippen MR) is 76.6 cm³/mol. The van der Waals surface area contributed by atoms with Crippen molar-refractivity contribution < 1.29 is 0 Å². The van der Waals surface area contributed by atoms with Gasteiger partial charge < -0.3 is 5.73 Å². The fraction of sp³-hybridized carbons (Fsp3) is 0. The first-order valence-corrected chi connectivity index (χ1v) is 6.03. The molecular formula is C15H11ClN2. The molecule has 2 N–H and O–H groups in total. The van der Waals surface area contributed by atoms with Crippen molar-refractivity contribution in [1.82, 2.24) is 4.98 Å². The summed E-state index contributed by atoms with van der Waals surface area (Å²) < 4.78 is 0. The second-order valence-electron chi connectivity index (χ2n) is 4.11. The molecule has 3 rings (SSSR count). The van der Waals surface area contributed by atoms with Crippen LogP contribution in [-0.4, -0.2) is 4.98 Å². The van der Waals surface area contributed by atoms with Gasteiger partial charge in [-0.25, -0.2) is 4.98 Å². The number of benzene rings is 2. The molecule has 0 aliphatic carbocycles. The first-order chi connectivity index (χ1) is 8.75. The van der Waals surface area contributed by atoms with Crippen LogP contribution in [0.25, 0.3) is 22.0 Å². The van der Waals surface area contributed by atoms with Gasteiger partial charge in [0.15, 0.2) is 0 Å². The van der Waals surface area contributed by atoms with Crippen molar-refractivity contribution in [3.05, 3.63) is 59.8 Å². The van der Waals surface area contributed by atoms with Crippen LogP contribution in [0.3, 0.4) is 0 Å². The Balaban J connectivity index is 2.30. The minimum atomic E-state index is 0.478. The van der Waals surface area contributed by atoms with E-state index in [4.69, 9.17) is 17.3 Å². The van der Waals surface area contributed by atoms with Gasteiger partial charge in [-0.05, 0) is 18.2 Å². The van der Waals surface area contributed by atoms with Crippen molar-refractivity contribution in [2.24, 2.45) is 0 Å². The van der Waals surface area contributed by atoms with Crippen LogP contribution in [0.1, 0.15) is 0 Å². The molecule has 0 saturated carbocycles. The Morgan fingerprint density at radius 3 is 2.44 bits per heavy atom. The number of nitrogens with zero attached hydrogens (tertiary/aromatic N) is 1. The minimum Gasteiger partial charge on any atom is -0.398 e. The number of anilines is 1. The number of rotatable bonds is 1. The number of aromatic nitrogens is 1. The third kappa shape index (κ3) is 1.81. The summed E-state index contributed by atoms with van der Waals surface area (Å²) in [6.45, 7) is 0. The maximum atomic E-state index is 6.24. The van der Waals surface area contributed by atoms with Gasteiger partial charge in [0.05, 0.1) is 5.52 Å². The molecule has 2 nitrogen and oxygen atoms in total. The van der Waals surface area contributed by atoms with Crippen molar-refractivity contribution in [2.75, 3.05) is 5.73 Å². The highest BCUT2D eigenvalue weighted by molar-refractivity contribution is 6.32. The molecule has 0 unspecified atom stereocenters. The van der Waals surface area contributed by atoms with Crippen LogP contribution in [0.15, 0.2) is 54.6 Å². The molecule has 0 aliphatic heterocycles. The van der Waals surface area contributed by atoms with E-state index < -0.39 is 0 Å². The third-order valence-corrected chi connectivity index (χ3v) is 3.22. The van der Waals surface area contributed by atoms with E-state index in [0.29, 0.717) is 10.8 Å². The Morgan fingerprint density at radius 2 is 1.61 bits per heavy atom. The Morgan fingerprint density at radius 1 is 0.889 bits per heavy atom. The van der Waals surface area contributed by atoms with E-state index in [2.05, 4.69) is 4.98 Å². The summed E-state index contributed by atoms with van der Waals surface area (Å²) in [4.78, 5) is 4.40. The highest BCUT2D eigenvalue weighted by Crippen LogP contribution is 2.32. The van der Waals surface area contributed by atoms with Crippen LogP contribution in [0.5, 0.6) is 0 Å². The monoisotopic (exact) mass is 254 g/mol. The van der Waals surface area contributed by atoms with Crippen LogP contribution in [0.4, 0.5) is 5.69 Å². The van der Waals surface area contributed by atoms with Crippen molar-refractivity contribution in [2.45, 2.75) is 0 Å². The molecule has 0 radical (unpaired) electrons. The highest BCUT2D eigenvalue weighted by Gasteiger charge is 2.09. The van der Waals surface area contributed by atoms with Gasteiger partial charge in [0.1, 0.15) is 5.15 Å². The van der Waals surface area contributed by atoms with Gasteiger partial charge in [0.2, 0.25) is 0 Å². The number of pyridine rings is 1. The zero-order valence-corrected chi connectivity index (χ0v) is 10.4. The second-order valence-corrected chi connectivity index (χ2v) is 4.46. The van der Waals surface area contributed by atoms with Gasteiger partial charge in [-0.2, -0.15) is 0 Å². The molecule has 1 aromatic heterocycles. The third-order valence-electron chi connectivity index (χ3n) is 2.93. The van der Waals surface area contributed by atoms with Crippen LogP contribution in [0, 0.1) is 0 Å². The number of hydrogen-bond acceptors (Lipinski definition) is 2. The molecule has 1 heterocycles. The molecule has 0 amide bonds. The zero-order chi connectivity index (χ0) is 12.5. The smallest absolute Gasteiger partial charge is 0.137 e. The molecule has 18 heavy (non-hydrogen) atoms. The molecule has 0 aliphatic rings. The number of para-hydroxylation sites is 2. The van der Waals surface area contributed by atoms with Crippen molar-refractivity contribution >= 4 is 28.2 Å². The number of hydrogen-bond donors (Lipinski definition) is 1. The first kappa shape index (κ1) is 11.1. The fourth-order valence-corrected chi connectivity index (χ4v) is 2.27. The van der Waals surface area contributed by atoms with E-state index in [-0.39, 0.29) is 0 Å². The maximum Gasteiger partial charge on any atom is 0.137 e. The molecule has 0 bridgehead atoms. The maximum absolute atomic E-state index is 6.24. The topological polar surface area (TPSA) is 38.9 Å². The number of nitrogens with two attached hydrogens (primary N) is 1. The molecule has 3 heteroatoms. The Bertz CT molecular complexity index is 723. The summed E-state index contributed by atoms with van der Waals surface area (Å²) in [5.74, 6) is 0. The summed E-state index contributed by atoms with van der Waals surface area (Å²) in [7, 11) is 0. The standard InChI is InChI=1S/C15H11ClN2/c16-15-12(11-6-2-3-7-13(11)17)9-10-5-1-4-8-14(10)18-15/h1-9H,17H2. The van der Waals surface area contributed by atoms with Crippen LogP contribution < -0.4 is 5.73 Å². The Kier molecular flexibility index (Phi) is 2.65. The minimum absolute atomic E-state index is 0.478.